The maximum atomic E-state index is 12.6. The van der Waals surface area contributed by atoms with Crippen LogP contribution >= 0.6 is 0 Å². The van der Waals surface area contributed by atoms with Crippen molar-refractivity contribution in [3.63, 3.8) is 0 Å². The number of nitrogens with one attached hydrogen (secondary N) is 1. The van der Waals surface area contributed by atoms with Crippen LogP contribution in [0.3, 0.4) is 0 Å². The third-order valence-electron chi connectivity index (χ3n) is 5.29. The molecule has 1 aliphatic rings. The molecule has 8 heteroatoms. The van der Waals surface area contributed by atoms with E-state index < -0.39 is 11.4 Å². The number of esters is 1. The fraction of sp³-hybridized carbons (Fsp3) is 0.261. The summed E-state index contributed by atoms with van der Waals surface area (Å²) in [5.74, 6) is 1.34. The minimum absolute atomic E-state index is 0.373. The topological polar surface area (TPSA) is 96.0 Å². The number of rotatable bonds is 7. The number of carbonyl (C=O) groups excluding carboxylic acids is 2. The normalized spacial score (nSPS) is 13.9. The Hall–Kier alpha value is -3.81. The van der Waals surface area contributed by atoms with E-state index in [2.05, 4.69) is 10.3 Å². The van der Waals surface area contributed by atoms with Crippen LogP contribution in [0.2, 0.25) is 0 Å². The molecular weight excluding hydrogens is 400 g/mol. The van der Waals surface area contributed by atoms with Crippen molar-refractivity contribution in [2.24, 2.45) is 5.41 Å². The van der Waals surface area contributed by atoms with Crippen LogP contribution in [0, 0.1) is 5.41 Å². The molecule has 2 aromatic carbocycles. The predicted molar refractivity (Wildman–Crippen MR) is 114 cm³/mol. The van der Waals surface area contributed by atoms with Crippen LogP contribution in [0.15, 0.2) is 48.7 Å². The van der Waals surface area contributed by atoms with Crippen molar-refractivity contribution >= 4 is 28.5 Å². The van der Waals surface area contributed by atoms with E-state index in [9.17, 15) is 9.59 Å². The molecule has 1 fully saturated rings. The third-order valence-corrected chi connectivity index (χ3v) is 5.29. The third kappa shape index (κ3) is 3.84. The quantitative estimate of drug-likeness (QED) is 0.455. The number of carbonyl (C=O) groups is 2. The van der Waals surface area contributed by atoms with Gasteiger partial charge in [0.05, 0.1) is 26.8 Å². The summed E-state index contributed by atoms with van der Waals surface area (Å²) in [5.41, 5.74) is 0.131. The Labute approximate surface area is 179 Å². The molecule has 1 aliphatic carbocycles. The summed E-state index contributed by atoms with van der Waals surface area (Å²) in [4.78, 5) is 28.9. The van der Waals surface area contributed by atoms with E-state index >= 15 is 0 Å². The highest BCUT2D eigenvalue weighted by Gasteiger charge is 2.57. The zero-order valence-electron chi connectivity index (χ0n) is 17.4. The van der Waals surface area contributed by atoms with E-state index in [-0.39, 0.29) is 5.91 Å². The van der Waals surface area contributed by atoms with Crippen molar-refractivity contribution in [1.82, 2.24) is 4.98 Å². The van der Waals surface area contributed by atoms with E-state index in [1.165, 1.54) is 7.11 Å². The Morgan fingerprint density at radius 3 is 2.39 bits per heavy atom. The van der Waals surface area contributed by atoms with Gasteiger partial charge in [0.2, 0.25) is 5.91 Å². The Morgan fingerprint density at radius 1 is 0.968 bits per heavy atom. The SMILES string of the molecule is COC(=O)C1(C(=O)Nc2cccc(Oc3ccnc4cc(OC)c(OC)cc34)c2)CC1. The zero-order chi connectivity index (χ0) is 22.0. The molecule has 0 radical (unpaired) electrons. The predicted octanol–water partition coefficient (Wildman–Crippen LogP) is 3.94. The van der Waals surface area contributed by atoms with E-state index in [1.807, 2.05) is 0 Å². The molecule has 1 N–H and O–H groups in total. The number of pyridine rings is 1. The van der Waals surface area contributed by atoms with Crippen LogP contribution in [0.25, 0.3) is 10.9 Å². The van der Waals surface area contributed by atoms with Gasteiger partial charge in [-0.15, -0.1) is 0 Å². The number of nitrogens with zero attached hydrogens (tertiary/aromatic N) is 1. The second-order valence-electron chi connectivity index (χ2n) is 7.19. The lowest BCUT2D eigenvalue weighted by Gasteiger charge is -2.14. The highest BCUT2D eigenvalue weighted by Crippen LogP contribution is 2.47. The van der Waals surface area contributed by atoms with E-state index in [0.29, 0.717) is 47.0 Å². The van der Waals surface area contributed by atoms with Gasteiger partial charge in [-0.3, -0.25) is 14.6 Å². The highest BCUT2D eigenvalue weighted by molar-refractivity contribution is 6.11. The van der Waals surface area contributed by atoms with Gasteiger partial charge < -0.3 is 24.3 Å². The van der Waals surface area contributed by atoms with Crippen molar-refractivity contribution in [3.05, 3.63) is 48.7 Å². The Kier molecular flexibility index (Phi) is 5.37. The average Bonchev–Trinajstić information content (AvgIpc) is 3.60. The fourth-order valence-electron chi connectivity index (χ4n) is 3.40. The number of benzene rings is 2. The first-order chi connectivity index (χ1) is 15.0. The molecule has 8 nitrogen and oxygen atoms in total. The van der Waals surface area contributed by atoms with Gasteiger partial charge in [-0.25, -0.2) is 0 Å². The number of aromatic nitrogens is 1. The molecule has 4 rings (SSSR count). The highest BCUT2D eigenvalue weighted by atomic mass is 16.5. The minimum Gasteiger partial charge on any atom is -0.493 e. The lowest BCUT2D eigenvalue weighted by molar-refractivity contribution is -0.150. The Balaban J connectivity index is 1.59. The minimum atomic E-state index is -1.08. The maximum absolute atomic E-state index is 12.6. The lowest BCUT2D eigenvalue weighted by atomic mass is 10.1. The fourth-order valence-corrected chi connectivity index (χ4v) is 3.40. The van der Waals surface area contributed by atoms with Gasteiger partial charge in [-0.05, 0) is 37.1 Å². The molecular formula is C23H22N2O6. The average molecular weight is 422 g/mol. The van der Waals surface area contributed by atoms with Gasteiger partial charge >= 0.3 is 5.97 Å². The molecule has 0 aliphatic heterocycles. The number of hydrogen-bond acceptors (Lipinski definition) is 7. The Morgan fingerprint density at radius 2 is 1.71 bits per heavy atom. The number of methoxy groups -OCH3 is 3. The molecule has 1 amide bonds. The van der Waals surface area contributed by atoms with Crippen LogP contribution in [0.4, 0.5) is 5.69 Å². The number of fused-ring (bicyclic) bond motifs is 1. The van der Waals surface area contributed by atoms with Gasteiger partial charge in [0.25, 0.3) is 0 Å². The summed E-state index contributed by atoms with van der Waals surface area (Å²) < 4.78 is 21.6. The zero-order valence-corrected chi connectivity index (χ0v) is 17.4. The number of amides is 1. The van der Waals surface area contributed by atoms with Crippen LogP contribution in [-0.4, -0.2) is 38.2 Å². The molecule has 1 heterocycles. The van der Waals surface area contributed by atoms with E-state index in [4.69, 9.17) is 18.9 Å². The number of hydrogen-bond donors (Lipinski definition) is 1. The molecule has 0 unspecified atom stereocenters. The molecule has 0 atom stereocenters. The van der Waals surface area contributed by atoms with Gasteiger partial charge in [0.1, 0.15) is 16.9 Å². The molecule has 3 aromatic rings. The first-order valence-electron chi connectivity index (χ1n) is 9.69. The van der Waals surface area contributed by atoms with Crippen molar-refractivity contribution in [3.8, 4) is 23.0 Å². The van der Waals surface area contributed by atoms with Crippen molar-refractivity contribution in [2.75, 3.05) is 26.6 Å². The standard InChI is InChI=1S/C23H22N2O6/c1-28-19-12-16-17(13-20(19)29-2)24-10-7-18(16)31-15-6-4-5-14(11-15)25-21(26)23(8-9-23)22(27)30-3/h4-7,10-13H,8-9H2,1-3H3,(H,25,26). The molecule has 1 aromatic heterocycles. The summed E-state index contributed by atoms with van der Waals surface area (Å²) in [5, 5.41) is 3.54. The van der Waals surface area contributed by atoms with Gasteiger partial charge in [0, 0.05) is 29.4 Å². The smallest absolute Gasteiger partial charge is 0.321 e. The largest absolute Gasteiger partial charge is 0.493 e. The van der Waals surface area contributed by atoms with Gasteiger partial charge in [-0.1, -0.05) is 6.07 Å². The van der Waals surface area contributed by atoms with Crippen molar-refractivity contribution in [2.45, 2.75) is 12.8 Å². The molecule has 0 bridgehead atoms. The lowest BCUT2D eigenvalue weighted by Crippen LogP contribution is -2.32. The van der Waals surface area contributed by atoms with Crippen LogP contribution in [0.1, 0.15) is 12.8 Å². The summed E-state index contributed by atoms with van der Waals surface area (Å²) in [6.45, 7) is 0. The molecule has 160 valence electrons. The van der Waals surface area contributed by atoms with Crippen molar-refractivity contribution in [1.29, 1.82) is 0 Å². The first-order valence-corrected chi connectivity index (χ1v) is 9.69. The first kappa shape index (κ1) is 20.5. The van der Waals surface area contributed by atoms with E-state index in [0.717, 1.165) is 5.39 Å². The second-order valence-corrected chi connectivity index (χ2v) is 7.19. The Bertz CT molecular complexity index is 1160. The van der Waals surface area contributed by atoms with Crippen LogP contribution in [-0.2, 0) is 14.3 Å². The molecule has 0 spiro atoms. The molecule has 0 saturated heterocycles. The monoisotopic (exact) mass is 422 g/mol. The maximum Gasteiger partial charge on any atom is 0.321 e. The second kappa shape index (κ2) is 8.14. The summed E-state index contributed by atoms with van der Waals surface area (Å²) in [6, 6.07) is 12.3. The van der Waals surface area contributed by atoms with Crippen LogP contribution in [0.5, 0.6) is 23.0 Å². The van der Waals surface area contributed by atoms with Gasteiger partial charge in [-0.2, -0.15) is 0 Å². The number of ether oxygens (including phenoxy) is 4. The van der Waals surface area contributed by atoms with E-state index in [1.54, 1.807) is 62.9 Å². The molecule has 31 heavy (non-hydrogen) atoms. The molecule has 1 saturated carbocycles. The summed E-state index contributed by atoms with van der Waals surface area (Å²) >= 11 is 0. The summed E-state index contributed by atoms with van der Waals surface area (Å²) in [6.07, 6.45) is 2.61. The van der Waals surface area contributed by atoms with Crippen LogP contribution < -0.4 is 19.5 Å². The summed E-state index contributed by atoms with van der Waals surface area (Å²) in [7, 11) is 4.41. The van der Waals surface area contributed by atoms with Crippen molar-refractivity contribution < 1.29 is 28.5 Å². The number of anilines is 1. The van der Waals surface area contributed by atoms with Gasteiger partial charge in [0.15, 0.2) is 11.5 Å².